The Hall–Kier alpha value is -2.64. The number of benzene rings is 2. The number of amides is 1. The molecule has 2 aromatic carbocycles. The van der Waals surface area contributed by atoms with Crippen LogP contribution in [0.4, 0.5) is 0 Å². The average Bonchev–Trinajstić information content (AvgIpc) is 3.27. The first-order chi connectivity index (χ1) is 16.8. The molecule has 4 rings (SSSR count). The largest absolute Gasteiger partial charge is 0.355 e. The lowest BCUT2D eigenvalue weighted by molar-refractivity contribution is -0.121. The summed E-state index contributed by atoms with van der Waals surface area (Å²) in [7, 11) is 0. The predicted molar refractivity (Wildman–Crippen MR) is 138 cm³/mol. The summed E-state index contributed by atoms with van der Waals surface area (Å²) in [6, 6.07) is 20.7. The molecule has 0 aliphatic carbocycles. The summed E-state index contributed by atoms with van der Waals surface area (Å²) in [6.45, 7) is 4.08. The second-order valence-electron chi connectivity index (χ2n) is 8.79. The molecule has 1 aliphatic rings. The number of carbonyl (C=O) groups excluding carboxylic acids is 1. The van der Waals surface area contributed by atoms with Crippen LogP contribution < -0.4 is 5.32 Å². The topological polar surface area (TPSA) is 63.1 Å². The number of nitrogens with one attached hydrogen (secondary N) is 1. The number of aromatic nitrogens is 3. The summed E-state index contributed by atoms with van der Waals surface area (Å²) < 4.78 is 2.16. The van der Waals surface area contributed by atoms with E-state index in [0.717, 1.165) is 54.8 Å². The molecule has 1 amide bonds. The fourth-order valence-electron chi connectivity index (χ4n) is 4.30. The number of nitrogens with zero attached hydrogens (tertiary/aromatic N) is 4. The number of hydrogen-bond acceptors (Lipinski definition) is 5. The van der Waals surface area contributed by atoms with Crippen molar-refractivity contribution in [3.8, 4) is 5.69 Å². The fourth-order valence-corrected chi connectivity index (χ4v) is 5.27. The van der Waals surface area contributed by atoms with E-state index in [1.165, 1.54) is 37.9 Å². The van der Waals surface area contributed by atoms with Crippen molar-refractivity contribution in [1.82, 2.24) is 25.0 Å². The van der Waals surface area contributed by atoms with Crippen molar-refractivity contribution in [2.45, 2.75) is 50.1 Å². The minimum atomic E-state index is 0.166. The molecule has 0 unspecified atom stereocenters. The van der Waals surface area contributed by atoms with Gasteiger partial charge in [-0.25, -0.2) is 0 Å². The van der Waals surface area contributed by atoms with Crippen LogP contribution in [0, 0.1) is 0 Å². The van der Waals surface area contributed by atoms with Crippen molar-refractivity contribution < 1.29 is 4.79 Å². The van der Waals surface area contributed by atoms with Crippen molar-refractivity contribution in [2.75, 3.05) is 31.9 Å². The second kappa shape index (κ2) is 13.3. The molecule has 0 saturated carbocycles. The van der Waals surface area contributed by atoms with Gasteiger partial charge in [0.15, 0.2) is 5.16 Å². The highest BCUT2D eigenvalue weighted by atomic mass is 32.2. The Morgan fingerprint density at radius 3 is 2.41 bits per heavy atom. The smallest absolute Gasteiger partial charge is 0.220 e. The van der Waals surface area contributed by atoms with Gasteiger partial charge in [-0.3, -0.25) is 9.36 Å². The van der Waals surface area contributed by atoms with E-state index >= 15 is 0 Å². The number of para-hydroxylation sites is 1. The Bertz CT molecular complexity index is 1000. The van der Waals surface area contributed by atoms with Gasteiger partial charge in [-0.1, -0.05) is 66.7 Å². The number of carbonyl (C=O) groups is 1. The third kappa shape index (κ3) is 7.43. The first kappa shape index (κ1) is 24.5. The minimum absolute atomic E-state index is 0.166. The predicted octanol–water partition coefficient (Wildman–Crippen LogP) is 4.72. The number of hydrogen-bond donors (Lipinski definition) is 1. The highest BCUT2D eigenvalue weighted by Crippen LogP contribution is 2.24. The number of unbranched alkanes of at least 4 members (excludes halogenated alkanes) is 1. The van der Waals surface area contributed by atoms with Crippen LogP contribution in [0.5, 0.6) is 0 Å². The van der Waals surface area contributed by atoms with Gasteiger partial charge in [-0.2, -0.15) is 0 Å². The molecule has 1 saturated heterocycles. The SMILES string of the molecule is O=C(CCCCSc1nnc(Cc2ccccc2)n1-c1ccccc1)NCCN1CCCCC1. The average molecular weight is 478 g/mol. The van der Waals surface area contributed by atoms with Gasteiger partial charge in [-0.05, 0) is 56.5 Å². The molecule has 1 N–H and O–H groups in total. The van der Waals surface area contributed by atoms with Crippen molar-refractivity contribution >= 4 is 17.7 Å². The molecule has 34 heavy (non-hydrogen) atoms. The van der Waals surface area contributed by atoms with E-state index in [2.05, 4.69) is 61.4 Å². The number of piperidine rings is 1. The molecule has 0 atom stereocenters. The van der Waals surface area contributed by atoms with Gasteiger partial charge in [0.25, 0.3) is 0 Å². The third-order valence-electron chi connectivity index (χ3n) is 6.15. The Morgan fingerprint density at radius 1 is 0.912 bits per heavy atom. The number of likely N-dealkylation sites (tertiary alicyclic amines) is 1. The van der Waals surface area contributed by atoms with Gasteiger partial charge in [0.2, 0.25) is 5.91 Å². The maximum Gasteiger partial charge on any atom is 0.220 e. The molecule has 1 aromatic heterocycles. The zero-order valence-corrected chi connectivity index (χ0v) is 20.7. The lowest BCUT2D eigenvalue weighted by atomic mass is 10.1. The molecule has 0 bridgehead atoms. The first-order valence-electron chi connectivity index (χ1n) is 12.4. The van der Waals surface area contributed by atoms with E-state index in [9.17, 15) is 4.79 Å². The Morgan fingerprint density at radius 2 is 1.65 bits per heavy atom. The van der Waals surface area contributed by atoms with Crippen LogP contribution in [0.2, 0.25) is 0 Å². The molecule has 1 fully saturated rings. The molecule has 180 valence electrons. The summed E-state index contributed by atoms with van der Waals surface area (Å²) in [5.74, 6) is 2.02. The quantitative estimate of drug-likeness (QED) is 0.302. The third-order valence-corrected chi connectivity index (χ3v) is 7.16. The fraction of sp³-hybridized carbons (Fsp3) is 0.444. The van der Waals surface area contributed by atoms with Crippen LogP contribution in [-0.4, -0.2) is 57.5 Å². The normalized spacial score (nSPS) is 14.2. The number of rotatable bonds is 12. The molecule has 3 aromatic rings. The highest BCUT2D eigenvalue weighted by Gasteiger charge is 2.15. The van der Waals surface area contributed by atoms with Gasteiger partial charge in [0.05, 0.1) is 0 Å². The lowest BCUT2D eigenvalue weighted by Gasteiger charge is -2.26. The van der Waals surface area contributed by atoms with Crippen molar-refractivity contribution in [1.29, 1.82) is 0 Å². The standard InChI is InChI=1S/C27H35N5OS/c33-26(28-17-20-31-18-9-3-10-19-31)16-8-11-21-34-27-30-29-25(22-23-12-4-1-5-13-23)32(27)24-14-6-2-7-15-24/h1-2,4-7,12-15H,3,8-11,16-22H2,(H,28,33). The van der Waals surface area contributed by atoms with Crippen molar-refractivity contribution in [3.05, 3.63) is 72.1 Å². The Labute approximate surface area is 207 Å². The van der Waals surface area contributed by atoms with E-state index in [4.69, 9.17) is 0 Å². The van der Waals surface area contributed by atoms with Crippen LogP contribution in [-0.2, 0) is 11.2 Å². The summed E-state index contributed by atoms with van der Waals surface area (Å²) >= 11 is 1.71. The molecule has 6 nitrogen and oxygen atoms in total. The summed E-state index contributed by atoms with van der Waals surface area (Å²) in [4.78, 5) is 14.6. The lowest BCUT2D eigenvalue weighted by Crippen LogP contribution is -2.37. The molecule has 2 heterocycles. The Kier molecular flexibility index (Phi) is 9.58. The zero-order valence-electron chi connectivity index (χ0n) is 19.9. The van der Waals surface area contributed by atoms with Crippen LogP contribution in [0.3, 0.4) is 0 Å². The monoisotopic (exact) mass is 477 g/mol. The second-order valence-corrected chi connectivity index (χ2v) is 9.85. The maximum absolute atomic E-state index is 12.2. The molecule has 1 aliphatic heterocycles. The van der Waals surface area contributed by atoms with Crippen LogP contribution in [0.1, 0.15) is 49.9 Å². The van der Waals surface area contributed by atoms with E-state index in [1.54, 1.807) is 11.8 Å². The summed E-state index contributed by atoms with van der Waals surface area (Å²) in [6.07, 6.45) is 7.11. The molecular weight excluding hydrogens is 442 g/mol. The first-order valence-corrected chi connectivity index (χ1v) is 13.4. The van der Waals surface area contributed by atoms with Crippen molar-refractivity contribution in [2.24, 2.45) is 0 Å². The molecule has 0 spiro atoms. The maximum atomic E-state index is 12.2. The Balaban J connectivity index is 1.24. The van der Waals surface area contributed by atoms with Gasteiger partial charge in [-0.15, -0.1) is 10.2 Å². The van der Waals surface area contributed by atoms with Gasteiger partial charge in [0.1, 0.15) is 5.82 Å². The van der Waals surface area contributed by atoms with E-state index in [1.807, 2.05) is 24.3 Å². The van der Waals surface area contributed by atoms with E-state index < -0.39 is 0 Å². The molecule has 7 heteroatoms. The highest BCUT2D eigenvalue weighted by molar-refractivity contribution is 7.99. The molecular formula is C27H35N5OS. The van der Waals surface area contributed by atoms with Gasteiger partial charge in [0, 0.05) is 37.4 Å². The van der Waals surface area contributed by atoms with E-state index in [0.29, 0.717) is 6.42 Å². The van der Waals surface area contributed by atoms with Crippen molar-refractivity contribution in [3.63, 3.8) is 0 Å². The van der Waals surface area contributed by atoms with Crippen LogP contribution in [0.25, 0.3) is 5.69 Å². The van der Waals surface area contributed by atoms with Crippen LogP contribution in [0.15, 0.2) is 65.8 Å². The summed E-state index contributed by atoms with van der Waals surface area (Å²) in [5, 5.41) is 13.0. The molecule has 0 radical (unpaired) electrons. The van der Waals surface area contributed by atoms with Gasteiger partial charge >= 0.3 is 0 Å². The van der Waals surface area contributed by atoms with Crippen LogP contribution >= 0.6 is 11.8 Å². The van der Waals surface area contributed by atoms with Gasteiger partial charge < -0.3 is 10.2 Å². The van der Waals surface area contributed by atoms with E-state index in [-0.39, 0.29) is 5.91 Å². The minimum Gasteiger partial charge on any atom is -0.355 e. The summed E-state index contributed by atoms with van der Waals surface area (Å²) in [5.41, 5.74) is 2.30. The number of thioether (sulfide) groups is 1. The zero-order chi connectivity index (χ0) is 23.4.